The van der Waals surface area contributed by atoms with E-state index in [-0.39, 0.29) is 24.9 Å². The van der Waals surface area contributed by atoms with Crippen molar-refractivity contribution in [3.8, 4) is 11.1 Å². The first kappa shape index (κ1) is 36.8. The number of fused-ring (bicyclic) bond motifs is 4. The maximum Gasteiger partial charge on any atom is 0.267 e. The van der Waals surface area contributed by atoms with Crippen LogP contribution in [0.3, 0.4) is 0 Å². The van der Waals surface area contributed by atoms with E-state index in [2.05, 4.69) is 71.9 Å². The van der Waals surface area contributed by atoms with Crippen LogP contribution in [-0.4, -0.2) is 103 Å². The first-order chi connectivity index (χ1) is 26.6. The third kappa shape index (κ3) is 8.00. The van der Waals surface area contributed by atoms with Crippen molar-refractivity contribution in [2.45, 2.75) is 52.0 Å². The van der Waals surface area contributed by atoms with Crippen LogP contribution in [0.1, 0.15) is 54.5 Å². The molecule has 12 nitrogen and oxygen atoms in total. The summed E-state index contributed by atoms with van der Waals surface area (Å²) in [5, 5.41) is 33.0. The number of hydrogen-bond donors (Lipinski definition) is 5. The number of nitrogens with zero attached hydrogens (tertiary/aromatic N) is 5. The van der Waals surface area contributed by atoms with Crippen molar-refractivity contribution in [2.24, 2.45) is 0 Å². The smallest absolute Gasteiger partial charge is 0.267 e. The van der Waals surface area contributed by atoms with Crippen LogP contribution in [0.25, 0.3) is 27.7 Å². The molecule has 0 aliphatic carbocycles. The lowest BCUT2D eigenvalue weighted by Gasteiger charge is -2.30. The molecule has 284 valence electrons. The molecule has 0 unspecified atom stereocenters. The van der Waals surface area contributed by atoms with E-state index in [1.54, 1.807) is 16.8 Å². The van der Waals surface area contributed by atoms with Crippen molar-refractivity contribution in [1.29, 1.82) is 0 Å². The van der Waals surface area contributed by atoms with Gasteiger partial charge in [-0.15, -0.1) is 0 Å². The highest BCUT2D eigenvalue weighted by atomic mass is 35.5. The molecule has 13 heteroatoms. The maximum atomic E-state index is 13.1. The summed E-state index contributed by atoms with van der Waals surface area (Å²) >= 11 is 6.75. The van der Waals surface area contributed by atoms with Crippen molar-refractivity contribution in [2.75, 3.05) is 39.3 Å². The number of H-pyrrole nitrogens is 1. The topological polar surface area (TPSA) is 151 Å². The number of aryl methyl sites for hydroxylation is 2. The second-order valence-corrected chi connectivity index (χ2v) is 15.3. The second kappa shape index (κ2) is 15.6. The van der Waals surface area contributed by atoms with Gasteiger partial charge in [-0.2, -0.15) is 5.10 Å². The number of carbonyl (C=O) groups is 2. The molecule has 3 aromatic carbocycles. The lowest BCUT2D eigenvalue weighted by Crippen LogP contribution is -2.42. The molecule has 5 heterocycles. The molecule has 5 N–H and O–H groups in total. The molecule has 2 aliphatic rings. The summed E-state index contributed by atoms with van der Waals surface area (Å²) < 4.78 is 1.66. The minimum absolute atomic E-state index is 0.124. The van der Waals surface area contributed by atoms with E-state index in [1.165, 1.54) is 22.3 Å². The molecule has 0 bridgehead atoms. The molecule has 3 aromatic heterocycles. The number of aliphatic hydroxyl groups excluding tert-OH is 2. The number of hydrogen-bond acceptors (Lipinski definition) is 8. The molecule has 0 saturated carbocycles. The maximum absolute atomic E-state index is 13.1. The Morgan fingerprint density at radius 3 is 2.24 bits per heavy atom. The third-order valence-electron chi connectivity index (χ3n) is 10.8. The van der Waals surface area contributed by atoms with Gasteiger partial charge in [0.1, 0.15) is 5.69 Å². The molecule has 2 aliphatic heterocycles. The van der Waals surface area contributed by atoms with E-state index in [4.69, 9.17) is 11.6 Å². The van der Waals surface area contributed by atoms with Crippen molar-refractivity contribution in [3.05, 3.63) is 123 Å². The highest BCUT2D eigenvalue weighted by molar-refractivity contribution is 6.35. The predicted molar refractivity (Wildman–Crippen MR) is 212 cm³/mol. The van der Waals surface area contributed by atoms with Crippen molar-refractivity contribution < 1.29 is 19.8 Å². The zero-order chi connectivity index (χ0) is 38.2. The minimum atomic E-state index is -0.737. The number of nitrogens with one attached hydrogen (secondary N) is 3. The van der Waals surface area contributed by atoms with E-state index in [1.807, 2.05) is 38.1 Å². The van der Waals surface area contributed by atoms with Gasteiger partial charge in [-0.05, 0) is 78.3 Å². The highest BCUT2D eigenvalue weighted by Gasteiger charge is 2.23. The van der Waals surface area contributed by atoms with Crippen molar-refractivity contribution >= 4 is 40.0 Å². The van der Waals surface area contributed by atoms with Gasteiger partial charge in [0.2, 0.25) is 0 Å². The summed E-state index contributed by atoms with van der Waals surface area (Å²) in [4.78, 5) is 38.0. The number of aliphatic hydroxyl groups is 2. The Morgan fingerprint density at radius 1 is 0.818 bits per heavy atom. The fourth-order valence-electron chi connectivity index (χ4n) is 7.87. The first-order valence-electron chi connectivity index (χ1n) is 18.8. The van der Waals surface area contributed by atoms with E-state index in [0.29, 0.717) is 52.8 Å². The number of β-amino-alcohol motifs (C(OH)–C–C–N with tert-alkyl or cyclic N) is 2. The largest absolute Gasteiger partial charge is 0.390 e. The van der Waals surface area contributed by atoms with E-state index in [0.717, 1.165) is 54.7 Å². The number of halogens is 1. The number of amides is 2. The molecule has 0 fully saturated rings. The first-order valence-corrected chi connectivity index (χ1v) is 19.2. The fourth-order valence-corrected chi connectivity index (χ4v) is 8.14. The van der Waals surface area contributed by atoms with Crippen LogP contribution >= 0.6 is 11.6 Å². The lowest BCUT2D eigenvalue weighted by atomic mass is 9.94. The highest BCUT2D eigenvalue weighted by Crippen LogP contribution is 2.33. The van der Waals surface area contributed by atoms with E-state index < -0.39 is 12.2 Å². The number of aromatic nitrogens is 4. The summed E-state index contributed by atoms with van der Waals surface area (Å²) in [5.41, 5.74) is 10.8. The van der Waals surface area contributed by atoms with Gasteiger partial charge < -0.3 is 25.8 Å². The molecular weight excluding hydrogens is 716 g/mol. The Labute approximate surface area is 324 Å². The molecule has 2 atom stereocenters. The van der Waals surface area contributed by atoms with Gasteiger partial charge >= 0.3 is 0 Å². The van der Waals surface area contributed by atoms with Crippen LogP contribution in [0.2, 0.25) is 5.02 Å². The summed E-state index contributed by atoms with van der Waals surface area (Å²) in [6, 6.07) is 22.4. The Hall–Kier alpha value is -5.11. The summed E-state index contributed by atoms with van der Waals surface area (Å²) in [5.74, 6) is -0.587. The average Bonchev–Trinajstić information content (AvgIpc) is 3.80. The summed E-state index contributed by atoms with van der Waals surface area (Å²) in [6.07, 6.45) is 1.90. The van der Waals surface area contributed by atoms with Gasteiger partial charge in [0.05, 0.1) is 39.7 Å². The third-order valence-corrected chi connectivity index (χ3v) is 11.1. The number of aromatic amines is 1. The molecule has 6 aromatic rings. The Morgan fingerprint density at radius 2 is 1.49 bits per heavy atom. The number of carbonyl (C=O) groups excluding carboxylic acids is 2. The second-order valence-electron chi connectivity index (χ2n) is 14.9. The van der Waals surface area contributed by atoms with Crippen LogP contribution in [0.5, 0.6) is 0 Å². The van der Waals surface area contributed by atoms with Crippen LogP contribution in [0.15, 0.2) is 72.9 Å². The zero-order valence-electron chi connectivity index (χ0n) is 31.0. The van der Waals surface area contributed by atoms with Crippen molar-refractivity contribution in [1.82, 2.24) is 40.0 Å². The molecular formula is C42H45ClN8O4. The van der Waals surface area contributed by atoms with Gasteiger partial charge in [0.25, 0.3) is 11.8 Å². The summed E-state index contributed by atoms with van der Waals surface area (Å²) in [6.45, 7) is 8.04. The molecule has 0 radical (unpaired) electrons. The zero-order valence-corrected chi connectivity index (χ0v) is 31.7. The van der Waals surface area contributed by atoms with Crippen LogP contribution in [0, 0.1) is 13.8 Å². The minimum Gasteiger partial charge on any atom is -0.390 e. The van der Waals surface area contributed by atoms with Gasteiger partial charge in [0, 0.05) is 70.0 Å². The van der Waals surface area contributed by atoms with Gasteiger partial charge in [0.15, 0.2) is 5.65 Å². The molecule has 0 saturated heterocycles. The average molecular weight is 761 g/mol. The Kier molecular flexibility index (Phi) is 10.4. The normalized spacial score (nSPS) is 15.8. The van der Waals surface area contributed by atoms with Crippen LogP contribution < -0.4 is 10.6 Å². The summed E-state index contributed by atoms with van der Waals surface area (Å²) in [7, 11) is 0. The molecule has 55 heavy (non-hydrogen) atoms. The Balaban J connectivity index is 0.847. The quantitative estimate of drug-likeness (QED) is 0.130. The van der Waals surface area contributed by atoms with Crippen LogP contribution in [-0.2, 0) is 25.9 Å². The monoisotopic (exact) mass is 760 g/mol. The van der Waals surface area contributed by atoms with E-state index >= 15 is 0 Å². The lowest BCUT2D eigenvalue weighted by molar-refractivity contribution is 0.0837. The molecule has 2 amide bonds. The number of rotatable bonds is 11. The Bertz CT molecular complexity index is 2410. The van der Waals surface area contributed by atoms with Crippen molar-refractivity contribution in [3.63, 3.8) is 0 Å². The van der Waals surface area contributed by atoms with Gasteiger partial charge in [-0.1, -0.05) is 54.1 Å². The molecule has 0 spiro atoms. The predicted octanol–water partition coefficient (Wildman–Crippen LogP) is 4.45. The van der Waals surface area contributed by atoms with E-state index in [9.17, 15) is 19.8 Å². The van der Waals surface area contributed by atoms with Crippen LogP contribution in [0.4, 0.5) is 0 Å². The SMILES string of the molecule is Cc1cc2ncc(C(=O)NC[C@H](O)CN3CCc4cc(-c5cc(Cl)c6[nH]c(C(=O)NC[C@H](O)CN7CCc8ccccc8C7)cc6c5)ccc4C3)c(C)n2n1. The standard InChI is InChI=1S/C42H45ClN8O4/c1-25-13-39-44-20-36(26(2)51(39)48-25)41(54)45-18-34(52)23-50-12-10-29-14-28(7-8-31(29)22-50)32-15-33-17-38(47-40(33)37(43)16-32)42(55)46-19-35(53)24-49-11-9-27-5-3-4-6-30(27)21-49/h3-8,13-17,20,34-35,47,52-53H,9-12,18-19,21-24H2,1-2H3,(H,45,54)(H,46,55)/t34-,35-/m0/s1. The van der Waals surface area contributed by atoms with Gasteiger partial charge in [-0.3, -0.25) is 19.4 Å². The number of benzene rings is 3. The molecule has 8 rings (SSSR count). The van der Waals surface area contributed by atoms with Gasteiger partial charge in [-0.25, -0.2) is 9.50 Å². The fraction of sp³-hybridized carbons (Fsp3) is 0.333.